The lowest BCUT2D eigenvalue weighted by molar-refractivity contribution is -0.0417. The lowest BCUT2D eigenvalue weighted by Gasteiger charge is -2.42. The molecule has 0 spiro atoms. The van der Waals surface area contributed by atoms with Crippen LogP contribution in [-0.4, -0.2) is 47.8 Å². The first kappa shape index (κ1) is 14.3. The average Bonchev–Trinajstić information content (AvgIpc) is 2.38. The Labute approximate surface area is 112 Å². The molecule has 3 nitrogen and oxygen atoms in total. The number of likely N-dealkylation sites (N-methyl/N-ethyl adjacent to an activating group) is 1. The molecule has 2 aliphatic rings. The number of likely N-dealkylation sites (tertiary alicyclic amines) is 1. The maximum Gasteiger partial charge on any atom is 0.0774 e. The standard InChI is InChI=1S/C15H30N2O/c1-2-16-12-14-8-4-7-11-17(14)13-15(18)9-5-3-6-10-15/h14,16,18H,2-13H2,1H3. The van der Waals surface area contributed by atoms with Crippen molar-refractivity contribution in [3.05, 3.63) is 0 Å². The van der Waals surface area contributed by atoms with Crippen LogP contribution in [0.25, 0.3) is 0 Å². The Balaban J connectivity index is 1.87. The molecule has 1 aliphatic carbocycles. The van der Waals surface area contributed by atoms with Gasteiger partial charge in [0.2, 0.25) is 0 Å². The number of aliphatic hydroxyl groups is 1. The topological polar surface area (TPSA) is 35.5 Å². The van der Waals surface area contributed by atoms with Gasteiger partial charge in [-0.1, -0.05) is 32.6 Å². The fourth-order valence-electron chi connectivity index (χ4n) is 3.56. The van der Waals surface area contributed by atoms with Crippen molar-refractivity contribution >= 4 is 0 Å². The Morgan fingerprint density at radius 2 is 1.94 bits per heavy atom. The van der Waals surface area contributed by atoms with Crippen LogP contribution in [0.4, 0.5) is 0 Å². The zero-order chi connectivity index (χ0) is 12.8. The van der Waals surface area contributed by atoms with Gasteiger partial charge in [-0.2, -0.15) is 0 Å². The minimum Gasteiger partial charge on any atom is -0.389 e. The molecule has 2 rings (SSSR count). The second-order valence-electron chi connectivity index (χ2n) is 6.21. The minimum atomic E-state index is -0.389. The Kier molecular flexibility index (Phi) is 5.46. The molecule has 1 heterocycles. The molecule has 0 amide bonds. The first-order valence-corrected chi connectivity index (χ1v) is 7.91. The minimum absolute atomic E-state index is 0.389. The van der Waals surface area contributed by atoms with Gasteiger partial charge in [0.05, 0.1) is 5.60 Å². The summed E-state index contributed by atoms with van der Waals surface area (Å²) in [6, 6.07) is 0.643. The fourth-order valence-corrected chi connectivity index (χ4v) is 3.56. The highest BCUT2D eigenvalue weighted by atomic mass is 16.3. The molecule has 1 saturated carbocycles. The SMILES string of the molecule is CCNCC1CCCCN1CC1(O)CCCCC1. The van der Waals surface area contributed by atoms with E-state index in [2.05, 4.69) is 17.1 Å². The number of rotatable bonds is 5. The van der Waals surface area contributed by atoms with Crippen LogP contribution in [0.5, 0.6) is 0 Å². The van der Waals surface area contributed by atoms with E-state index >= 15 is 0 Å². The van der Waals surface area contributed by atoms with Crippen molar-refractivity contribution in [3.63, 3.8) is 0 Å². The van der Waals surface area contributed by atoms with Gasteiger partial charge in [-0.05, 0) is 38.8 Å². The summed E-state index contributed by atoms with van der Waals surface area (Å²) in [6.45, 7) is 6.39. The molecule has 0 aromatic heterocycles. The third-order valence-electron chi connectivity index (χ3n) is 4.66. The van der Waals surface area contributed by atoms with Gasteiger partial charge in [-0.3, -0.25) is 4.90 Å². The van der Waals surface area contributed by atoms with Gasteiger partial charge in [-0.15, -0.1) is 0 Å². The van der Waals surface area contributed by atoms with E-state index in [4.69, 9.17) is 0 Å². The van der Waals surface area contributed by atoms with Crippen molar-refractivity contribution in [2.24, 2.45) is 0 Å². The monoisotopic (exact) mass is 254 g/mol. The predicted octanol–water partition coefficient (Wildman–Crippen LogP) is 2.15. The second-order valence-corrected chi connectivity index (χ2v) is 6.21. The van der Waals surface area contributed by atoms with E-state index in [-0.39, 0.29) is 5.60 Å². The molecule has 18 heavy (non-hydrogen) atoms. The van der Waals surface area contributed by atoms with Gasteiger partial charge in [0, 0.05) is 19.1 Å². The van der Waals surface area contributed by atoms with Crippen molar-refractivity contribution in [3.8, 4) is 0 Å². The highest BCUT2D eigenvalue weighted by Gasteiger charge is 2.34. The van der Waals surface area contributed by atoms with Crippen molar-refractivity contribution in [2.45, 2.75) is 69.9 Å². The van der Waals surface area contributed by atoms with E-state index < -0.39 is 0 Å². The first-order valence-electron chi connectivity index (χ1n) is 7.91. The predicted molar refractivity (Wildman–Crippen MR) is 75.8 cm³/mol. The van der Waals surface area contributed by atoms with Gasteiger partial charge in [0.25, 0.3) is 0 Å². The van der Waals surface area contributed by atoms with E-state index in [0.29, 0.717) is 6.04 Å². The molecular formula is C15H30N2O. The Hall–Kier alpha value is -0.120. The van der Waals surface area contributed by atoms with Crippen LogP contribution in [0.3, 0.4) is 0 Å². The lowest BCUT2D eigenvalue weighted by atomic mass is 9.83. The third-order valence-corrected chi connectivity index (χ3v) is 4.66. The fraction of sp³-hybridized carbons (Fsp3) is 1.00. The van der Waals surface area contributed by atoms with Crippen LogP contribution in [0.15, 0.2) is 0 Å². The largest absolute Gasteiger partial charge is 0.389 e. The van der Waals surface area contributed by atoms with Crippen LogP contribution in [0.1, 0.15) is 58.3 Å². The van der Waals surface area contributed by atoms with E-state index in [9.17, 15) is 5.11 Å². The highest BCUT2D eigenvalue weighted by molar-refractivity contribution is 4.89. The van der Waals surface area contributed by atoms with Crippen molar-refractivity contribution in [1.29, 1.82) is 0 Å². The molecule has 1 atom stereocenters. The molecule has 1 aliphatic heterocycles. The summed E-state index contributed by atoms with van der Waals surface area (Å²) in [5.41, 5.74) is -0.389. The molecule has 3 heteroatoms. The average molecular weight is 254 g/mol. The molecule has 2 N–H and O–H groups in total. The van der Waals surface area contributed by atoms with Crippen LogP contribution < -0.4 is 5.32 Å². The van der Waals surface area contributed by atoms with Gasteiger partial charge < -0.3 is 10.4 Å². The van der Waals surface area contributed by atoms with Gasteiger partial charge >= 0.3 is 0 Å². The van der Waals surface area contributed by atoms with Gasteiger partial charge in [0.15, 0.2) is 0 Å². The highest BCUT2D eigenvalue weighted by Crippen LogP contribution is 2.30. The third kappa shape index (κ3) is 3.94. The molecule has 0 aromatic rings. The Morgan fingerprint density at radius 1 is 1.17 bits per heavy atom. The van der Waals surface area contributed by atoms with Crippen LogP contribution in [0, 0.1) is 0 Å². The van der Waals surface area contributed by atoms with Crippen molar-refractivity contribution in [2.75, 3.05) is 26.2 Å². The summed E-state index contributed by atoms with van der Waals surface area (Å²) in [7, 11) is 0. The smallest absolute Gasteiger partial charge is 0.0774 e. The maximum atomic E-state index is 10.7. The summed E-state index contributed by atoms with van der Waals surface area (Å²) in [5.74, 6) is 0. The van der Waals surface area contributed by atoms with Crippen LogP contribution >= 0.6 is 0 Å². The Morgan fingerprint density at radius 3 is 2.67 bits per heavy atom. The molecular weight excluding hydrogens is 224 g/mol. The van der Waals surface area contributed by atoms with Crippen LogP contribution in [0.2, 0.25) is 0 Å². The van der Waals surface area contributed by atoms with E-state index in [0.717, 1.165) is 32.5 Å². The van der Waals surface area contributed by atoms with E-state index in [1.807, 2.05) is 0 Å². The zero-order valence-electron chi connectivity index (χ0n) is 12.0. The number of piperidine rings is 1. The molecule has 106 valence electrons. The maximum absolute atomic E-state index is 10.7. The summed E-state index contributed by atoms with van der Waals surface area (Å²) < 4.78 is 0. The van der Waals surface area contributed by atoms with Crippen molar-refractivity contribution in [1.82, 2.24) is 10.2 Å². The summed E-state index contributed by atoms with van der Waals surface area (Å²) in [4.78, 5) is 2.55. The summed E-state index contributed by atoms with van der Waals surface area (Å²) >= 11 is 0. The summed E-state index contributed by atoms with van der Waals surface area (Å²) in [6.07, 6.45) is 9.70. The normalized spacial score (nSPS) is 29.3. The van der Waals surface area contributed by atoms with Gasteiger partial charge in [-0.25, -0.2) is 0 Å². The summed E-state index contributed by atoms with van der Waals surface area (Å²) in [5, 5.41) is 14.2. The molecule has 0 bridgehead atoms. The zero-order valence-corrected chi connectivity index (χ0v) is 12.0. The quantitative estimate of drug-likeness (QED) is 0.789. The molecule has 0 aromatic carbocycles. The lowest BCUT2D eigenvalue weighted by Crippen LogP contribution is -2.52. The number of β-amino-alcohol motifs (C(OH)–C–C–N with tert-alkyl or cyclic N) is 1. The molecule has 1 unspecified atom stereocenters. The van der Waals surface area contributed by atoms with Crippen LogP contribution in [-0.2, 0) is 0 Å². The first-order chi connectivity index (χ1) is 8.73. The van der Waals surface area contributed by atoms with E-state index in [1.165, 1.54) is 45.1 Å². The number of hydrogen-bond acceptors (Lipinski definition) is 3. The molecule has 0 radical (unpaired) electrons. The molecule has 1 saturated heterocycles. The number of nitrogens with zero attached hydrogens (tertiary/aromatic N) is 1. The van der Waals surface area contributed by atoms with Crippen molar-refractivity contribution < 1.29 is 5.11 Å². The second kappa shape index (κ2) is 6.88. The molecule has 2 fully saturated rings. The number of nitrogens with one attached hydrogen (secondary N) is 1. The van der Waals surface area contributed by atoms with Gasteiger partial charge in [0.1, 0.15) is 0 Å². The number of hydrogen-bond donors (Lipinski definition) is 2. The van der Waals surface area contributed by atoms with E-state index in [1.54, 1.807) is 0 Å². The Bertz CT molecular complexity index is 239.